The van der Waals surface area contributed by atoms with Gasteiger partial charge in [0, 0.05) is 10.7 Å². The van der Waals surface area contributed by atoms with Gasteiger partial charge in [0.1, 0.15) is 0 Å². The number of nitrogens with one attached hydrogen (secondary N) is 2. The number of piperidine rings is 1. The van der Waals surface area contributed by atoms with E-state index in [2.05, 4.69) is 15.5 Å². The van der Waals surface area contributed by atoms with E-state index in [1.54, 1.807) is 6.07 Å². The van der Waals surface area contributed by atoms with E-state index in [0.717, 1.165) is 36.8 Å². The summed E-state index contributed by atoms with van der Waals surface area (Å²) in [7, 11) is 2.00. The summed E-state index contributed by atoms with van der Waals surface area (Å²) in [5.41, 5.74) is 1.84. The van der Waals surface area contributed by atoms with Gasteiger partial charge in [0.15, 0.2) is 0 Å². The van der Waals surface area contributed by atoms with E-state index in [0.29, 0.717) is 11.6 Å². The summed E-state index contributed by atoms with van der Waals surface area (Å²) in [4.78, 5) is 14.4. The molecule has 1 heterocycles. The third-order valence-electron chi connectivity index (χ3n) is 4.34. The molecule has 1 aliphatic rings. The summed E-state index contributed by atoms with van der Waals surface area (Å²) < 4.78 is 0. The quantitative estimate of drug-likeness (QED) is 0.846. The number of halogens is 1. The minimum atomic E-state index is 0.0547. The molecule has 5 heteroatoms. The highest BCUT2D eigenvalue weighted by molar-refractivity contribution is 6.30. The molecule has 1 amide bonds. The average Bonchev–Trinajstić information content (AvgIpc) is 2.49. The van der Waals surface area contributed by atoms with Crippen molar-refractivity contribution in [2.75, 3.05) is 38.5 Å². The number of aryl methyl sites for hydroxylation is 1. The number of benzene rings is 1. The van der Waals surface area contributed by atoms with Crippen LogP contribution >= 0.6 is 11.6 Å². The molecule has 1 aromatic rings. The van der Waals surface area contributed by atoms with E-state index in [1.165, 1.54) is 19.3 Å². The summed E-state index contributed by atoms with van der Waals surface area (Å²) in [5.74, 6) is 0.851. The molecule has 4 nitrogen and oxygen atoms in total. The van der Waals surface area contributed by atoms with Gasteiger partial charge in [-0.1, -0.05) is 11.6 Å². The molecular formula is C17H26ClN3O. The predicted molar refractivity (Wildman–Crippen MR) is 92.5 cm³/mol. The molecule has 2 rings (SSSR count). The van der Waals surface area contributed by atoms with E-state index >= 15 is 0 Å². The lowest BCUT2D eigenvalue weighted by molar-refractivity contribution is -0.117. The highest BCUT2D eigenvalue weighted by atomic mass is 35.5. The van der Waals surface area contributed by atoms with Crippen LogP contribution in [-0.2, 0) is 4.79 Å². The Labute approximate surface area is 138 Å². The van der Waals surface area contributed by atoms with Crippen LogP contribution in [0.15, 0.2) is 18.2 Å². The number of amides is 1. The minimum Gasteiger partial charge on any atom is -0.325 e. The Balaban J connectivity index is 1.76. The maximum Gasteiger partial charge on any atom is 0.238 e. The third-order valence-corrected chi connectivity index (χ3v) is 4.57. The van der Waals surface area contributed by atoms with Gasteiger partial charge in [-0.25, -0.2) is 0 Å². The van der Waals surface area contributed by atoms with Crippen LogP contribution in [0.4, 0.5) is 5.69 Å². The Morgan fingerprint density at radius 2 is 2.09 bits per heavy atom. The third kappa shape index (κ3) is 5.27. The molecule has 0 bridgehead atoms. The first-order valence-corrected chi connectivity index (χ1v) is 8.39. The van der Waals surface area contributed by atoms with Crippen LogP contribution in [0.3, 0.4) is 0 Å². The van der Waals surface area contributed by atoms with Gasteiger partial charge in [-0.05, 0) is 82.5 Å². The van der Waals surface area contributed by atoms with Crippen molar-refractivity contribution in [1.82, 2.24) is 10.2 Å². The fraction of sp³-hybridized carbons (Fsp3) is 0.588. The van der Waals surface area contributed by atoms with Gasteiger partial charge in [0.05, 0.1) is 6.54 Å². The van der Waals surface area contributed by atoms with Crippen molar-refractivity contribution in [2.45, 2.75) is 26.2 Å². The zero-order chi connectivity index (χ0) is 15.9. The summed E-state index contributed by atoms with van der Waals surface area (Å²) in [6.07, 6.45) is 3.62. The van der Waals surface area contributed by atoms with E-state index in [-0.39, 0.29) is 5.91 Å². The summed E-state index contributed by atoms with van der Waals surface area (Å²) in [5, 5.41) is 6.88. The second-order valence-corrected chi connectivity index (χ2v) is 6.56. The van der Waals surface area contributed by atoms with Crippen molar-refractivity contribution in [2.24, 2.45) is 5.92 Å². The van der Waals surface area contributed by atoms with Gasteiger partial charge in [-0.2, -0.15) is 0 Å². The van der Waals surface area contributed by atoms with Crippen LogP contribution in [-0.4, -0.2) is 44.0 Å². The second-order valence-electron chi connectivity index (χ2n) is 6.12. The van der Waals surface area contributed by atoms with Gasteiger partial charge in [0.2, 0.25) is 5.91 Å². The van der Waals surface area contributed by atoms with Gasteiger partial charge < -0.3 is 10.6 Å². The Bertz CT molecular complexity index is 499. The van der Waals surface area contributed by atoms with E-state index in [4.69, 9.17) is 11.6 Å². The Morgan fingerprint density at radius 1 is 1.36 bits per heavy atom. The maximum atomic E-state index is 12.2. The van der Waals surface area contributed by atoms with Gasteiger partial charge in [-0.3, -0.25) is 9.69 Å². The Kier molecular flexibility index (Phi) is 6.68. The highest BCUT2D eigenvalue weighted by Gasteiger charge is 2.20. The number of nitrogens with zero attached hydrogens (tertiary/aromatic N) is 1. The van der Waals surface area contributed by atoms with Crippen LogP contribution in [0.25, 0.3) is 0 Å². The van der Waals surface area contributed by atoms with Crippen molar-refractivity contribution >= 4 is 23.2 Å². The molecule has 0 unspecified atom stereocenters. The van der Waals surface area contributed by atoms with E-state index in [9.17, 15) is 4.79 Å². The second kappa shape index (κ2) is 8.51. The van der Waals surface area contributed by atoms with Crippen molar-refractivity contribution in [3.05, 3.63) is 28.8 Å². The molecule has 1 saturated heterocycles. The minimum absolute atomic E-state index is 0.0547. The SMILES string of the molecule is CNCCC1CCN(CC(=O)Nc2ccc(Cl)cc2C)CC1. The number of likely N-dealkylation sites (tertiary alicyclic amines) is 1. The van der Waals surface area contributed by atoms with Crippen LogP contribution in [0.2, 0.25) is 5.02 Å². The van der Waals surface area contributed by atoms with Gasteiger partial charge in [0.25, 0.3) is 0 Å². The standard InChI is InChI=1S/C17H26ClN3O/c1-13-11-15(18)3-4-16(13)20-17(22)12-21-9-6-14(7-10-21)5-8-19-2/h3-4,11,14,19H,5-10,12H2,1-2H3,(H,20,22). The predicted octanol–water partition coefficient (Wildman–Crippen LogP) is 2.91. The van der Waals surface area contributed by atoms with Crippen molar-refractivity contribution in [3.8, 4) is 0 Å². The maximum absolute atomic E-state index is 12.2. The van der Waals surface area contributed by atoms with Crippen molar-refractivity contribution in [1.29, 1.82) is 0 Å². The lowest BCUT2D eigenvalue weighted by atomic mass is 9.93. The zero-order valence-electron chi connectivity index (χ0n) is 13.5. The Morgan fingerprint density at radius 3 is 2.73 bits per heavy atom. The normalized spacial score (nSPS) is 16.7. The molecule has 1 fully saturated rings. The molecule has 0 radical (unpaired) electrons. The van der Waals surface area contributed by atoms with Crippen molar-refractivity contribution < 1.29 is 4.79 Å². The van der Waals surface area contributed by atoms with Crippen LogP contribution < -0.4 is 10.6 Å². The molecule has 22 heavy (non-hydrogen) atoms. The summed E-state index contributed by atoms with van der Waals surface area (Å²) in [6, 6.07) is 5.53. The fourth-order valence-electron chi connectivity index (χ4n) is 2.94. The first-order chi connectivity index (χ1) is 10.6. The van der Waals surface area contributed by atoms with Crippen LogP contribution in [0.1, 0.15) is 24.8 Å². The van der Waals surface area contributed by atoms with Gasteiger partial charge >= 0.3 is 0 Å². The highest BCUT2D eigenvalue weighted by Crippen LogP contribution is 2.21. The fourth-order valence-corrected chi connectivity index (χ4v) is 3.17. The van der Waals surface area contributed by atoms with E-state index in [1.807, 2.05) is 26.1 Å². The number of hydrogen-bond acceptors (Lipinski definition) is 3. The number of anilines is 1. The first-order valence-electron chi connectivity index (χ1n) is 8.01. The van der Waals surface area contributed by atoms with E-state index < -0.39 is 0 Å². The number of carbonyl (C=O) groups excluding carboxylic acids is 1. The summed E-state index contributed by atoms with van der Waals surface area (Å²) >= 11 is 5.93. The molecule has 0 saturated carbocycles. The number of rotatable bonds is 6. The number of carbonyl (C=O) groups is 1. The van der Waals surface area contributed by atoms with Crippen LogP contribution in [0, 0.1) is 12.8 Å². The van der Waals surface area contributed by atoms with Gasteiger partial charge in [-0.15, -0.1) is 0 Å². The largest absolute Gasteiger partial charge is 0.325 e. The lowest BCUT2D eigenvalue weighted by Crippen LogP contribution is -2.39. The average molecular weight is 324 g/mol. The van der Waals surface area contributed by atoms with Crippen molar-refractivity contribution in [3.63, 3.8) is 0 Å². The monoisotopic (exact) mass is 323 g/mol. The molecule has 0 spiro atoms. The van der Waals surface area contributed by atoms with Crippen LogP contribution in [0.5, 0.6) is 0 Å². The molecule has 122 valence electrons. The lowest BCUT2D eigenvalue weighted by Gasteiger charge is -2.31. The number of hydrogen-bond donors (Lipinski definition) is 2. The molecule has 0 atom stereocenters. The molecule has 1 aromatic carbocycles. The molecule has 1 aliphatic heterocycles. The molecule has 0 aliphatic carbocycles. The molecule has 0 aromatic heterocycles. The summed E-state index contributed by atoms with van der Waals surface area (Å²) in [6.45, 7) is 5.54. The smallest absolute Gasteiger partial charge is 0.238 e. The zero-order valence-corrected chi connectivity index (χ0v) is 14.2. The molecule has 2 N–H and O–H groups in total. The molecular weight excluding hydrogens is 298 g/mol. The Hall–Kier alpha value is -1.10. The first kappa shape index (κ1) is 17.3. The topological polar surface area (TPSA) is 44.4 Å².